The standard InChI is InChI=1S/C20H18F2.C5H5N/c1-3-13-5-7-15(11-19(13)21)17-9-10-18(17)16-8-6-14(4-2)20(22)12-16;1-2-4-6-5-3-1/h3-8,11-12,17-18H,1-2,9-10H2;1-5H. The fraction of sp³-hybridized carbons (Fsp3) is 0.160. The normalized spacial score (nSPS) is 17.6. The van der Waals surface area contributed by atoms with Crippen LogP contribution < -0.4 is 0 Å². The smallest absolute Gasteiger partial charge is 0.130 e. The van der Waals surface area contributed by atoms with E-state index in [-0.39, 0.29) is 23.5 Å². The number of aromatic nitrogens is 1. The molecule has 0 bridgehead atoms. The summed E-state index contributed by atoms with van der Waals surface area (Å²) in [4.78, 5) is 3.78. The zero-order valence-electron chi connectivity index (χ0n) is 15.7. The van der Waals surface area contributed by atoms with Gasteiger partial charge in [0.2, 0.25) is 0 Å². The van der Waals surface area contributed by atoms with Gasteiger partial charge in [0.25, 0.3) is 0 Å². The lowest BCUT2D eigenvalue weighted by molar-refractivity contribution is 0.344. The lowest BCUT2D eigenvalue weighted by atomic mass is 9.67. The van der Waals surface area contributed by atoms with Crippen LogP contribution >= 0.6 is 0 Å². The van der Waals surface area contributed by atoms with Crippen LogP contribution in [-0.4, -0.2) is 4.98 Å². The first-order chi connectivity index (χ1) is 13.6. The highest BCUT2D eigenvalue weighted by Gasteiger charge is 2.33. The fourth-order valence-corrected chi connectivity index (χ4v) is 3.49. The molecule has 2 aromatic carbocycles. The minimum atomic E-state index is -0.244. The van der Waals surface area contributed by atoms with Crippen molar-refractivity contribution >= 4 is 12.2 Å². The van der Waals surface area contributed by atoms with Crippen molar-refractivity contribution in [2.45, 2.75) is 24.7 Å². The van der Waals surface area contributed by atoms with E-state index in [9.17, 15) is 8.78 Å². The van der Waals surface area contributed by atoms with Crippen LogP contribution in [0.25, 0.3) is 12.2 Å². The van der Waals surface area contributed by atoms with E-state index in [1.807, 2.05) is 30.3 Å². The summed E-state index contributed by atoms with van der Waals surface area (Å²) in [5.41, 5.74) is 2.99. The van der Waals surface area contributed by atoms with Crippen LogP contribution in [0.1, 0.15) is 46.9 Å². The highest BCUT2D eigenvalue weighted by Crippen LogP contribution is 2.49. The van der Waals surface area contributed by atoms with E-state index in [0.717, 1.165) is 24.0 Å². The molecule has 0 aliphatic heterocycles. The molecule has 1 fully saturated rings. The summed E-state index contributed by atoms with van der Waals surface area (Å²) in [5, 5.41) is 0. The molecule has 2 atom stereocenters. The van der Waals surface area contributed by atoms with Gasteiger partial charge >= 0.3 is 0 Å². The molecular formula is C25H23F2N. The van der Waals surface area contributed by atoms with Crippen molar-refractivity contribution in [1.82, 2.24) is 4.98 Å². The molecule has 0 N–H and O–H groups in total. The number of nitrogens with zero attached hydrogens (tertiary/aromatic N) is 1. The van der Waals surface area contributed by atoms with Crippen LogP contribution in [0.3, 0.4) is 0 Å². The average Bonchev–Trinajstić information content (AvgIpc) is 2.69. The van der Waals surface area contributed by atoms with Crippen molar-refractivity contribution in [3.05, 3.63) is 114 Å². The number of rotatable bonds is 4. The molecule has 0 amide bonds. The van der Waals surface area contributed by atoms with E-state index in [1.165, 1.54) is 12.2 Å². The largest absolute Gasteiger partial charge is 0.265 e. The molecule has 3 aromatic rings. The number of hydrogen-bond acceptors (Lipinski definition) is 1. The second kappa shape index (κ2) is 9.23. The molecule has 142 valence electrons. The Kier molecular flexibility index (Phi) is 6.49. The third kappa shape index (κ3) is 4.42. The van der Waals surface area contributed by atoms with E-state index in [4.69, 9.17) is 0 Å². The third-order valence-electron chi connectivity index (χ3n) is 5.19. The Hall–Kier alpha value is -3.07. The number of hydrogen-bond donors (Lipinski definition) is 0. The molecule has 2 unspecified atom stereocenters. The number of benzene rings is 2. The predicted molar refractivity (Wildman–Crippen MR) is 112 cm³/mol. The van der Waals surface area contributed by atoms with Gasteiger partial charge in [-0.1, -0.05) is 55.6 Å². The van der Waals surface area contributed by atoms with E-state index in [1.54, 1.807) is 36.7 Å². The summed E-state index contributed by atoms with van der Waals surface area (Å²) in [7, 11) is 0. The van der Waals surface area contributed by atoms with Crippen molar-refractivity contribution in [2.24, 2.45) is 0 Å². The van der Waals surface area contributed by atoms with Crippen LogP contribution in [0, 0.1) is 11.6 Å². The Bertz CT molecular complexity index is 860. The minimum absolute atomic E-state index is 0.244. The monoisotopic (exact) mass is 375 g/mol. The predicted octanol–water partition coefficient (Wildman–Crippen LogP) is 6.99. The molecule has 1 aromatic heterocycles. The number of halogens is 2. The Morgan fingerprint density at radius 2 is 1.21 bits per heavy atom. The lowest BCUT2D eigenvalue weighted by Crippen LogP contribution is -2.22. The molecule has 0 spiro atoms. The van der Waals surface area contributed by atoms with Gasteiger partial charge in [0, 0.05) is 23.5 Å². The maximum absolute atomic E-state index is 13.9. The van der Waals surface area contributed by atoms with Gasteiger partial charge in [-0.3, -0.25) is 4.98 Å². The van der Waals surface area contributed by atoms with Gasteiger partial charge in [0.15, 0.2) is 0 Å². The summed E-state index contributed by atoms with van der Waals surface area (Å²) >= 11 is 0. The summed E-state index contributed by atoms with van der Waals surface area (Å²) in [6, 6.07) is 16.3. The first-order valence-electron chi connectivity index (χ1n) is 9.32. The van der Waals surface area contributed by atoms with Crippen molar-refractivity contribution in [2.75, 3.05) is 0 Å². The van der Waals surface area contributed by atoms with Crippen LogP contribution in [0.5, 0.6) is 0 Å². The molecule has 1 aliphatic rings. The van der Waals surface area contributed by atoms with Crippen molar-refractivity contribution in [3.63, 3.8) is 0 Å². The van der Waals surface area contributed by atoms with Crippen LogP contribution in [-0.2, 0) is 0 Å². The molecule has 1 saturated carbocycles. The molecular weight excluding hydrogens is 352 g/mol. The van der Waals surface area contributed by atoms with Gasteiger partial charge < -0.3 is 0 Å². The van der Waals surface area contributed by atoms with Gasteiger partial charge in [0.05, 0.1) is 0 Å². The Morgan fingerprint density at radius 1 is 0.750 bits per heavy atom. The van der Waals surface area contributed by atoms with Crippen molar-refractivity contribution in [3.8, 4) is 0 Å². The molecule has 3 heteroatoms. The maximum Gasteiger partial charge on any atom is 0.130 e. The van der Waals surface area contributed by atoms with Gasteiger partial charge in [-0.25, -0.2) is 8.78 Å². The van der Waals surface area contributed by atoms with Gasteiger partial charge in [-0.2, -0.15) is 0 Å². The molecule has 0 radical (unpaired) electrons. The highest BCUT2D eigenvalue weighted by atomic mass is 19.1. The van der Waals surface area contributed by atoms with Crippen LogP contribution in [0.4, 0.5) is 8.78 Å². The van der Waals surface area contributed by atoms with Gasteiger partial charge in [-0.15, -0.1) is 0 Å². The van der Waals surface area contributed by atoms with E-state index in [2.05, 4.69) is 18.1 Å². The zero-order chi connectivity index (χ0) is 19.9. The second-order valence-electron chi connectivity index (χ2n) is 6.79. The topological polar surface area (TPSA) is 12.9 Å². The van der Waals surface area contributed by atoms with Crippen molar-refractivity contribution < 1.29 is 8.78 Å². The molecule has 1 aliphatic carbocycles. The summed E-state index contributed by atoms with van der Waals surface area (Å²) in [5.74, 6) is 0.0161. The van der Waals surface area contributed by atoms with Crippen LogP contribution in [0.2, 0.25) is 0 Å². The average molecular weight is 375 g/mol. The number of pyridine rings is 1. The maximum atomic E-state index is 13.9. The summed E-state index contributed by atoms with van der Waals surface area (Å²) in [6.07, 6.45) is 8.53. The van der Waals surface area contributed by atoms with E-state index in [0.29, 0.717) is 11.1 Å². The second-order valence-corrected chi connectivity index (χ2v) is 6.79. The molecule has 0 saturated heterocycles. The SMILES string of the molecule is C=Cc1ccc(C2CCC2c2ccc(C=C)c(F)c2)cc1F.c1ccncc1. The first kappa shape index (κ1) is 19.7. The molecule has 1 nitrogen and oxygen atoms in total. The first-order valence-corrected chi connectivity index (χ1v) is 9.32. The Balaban J connectivity index is 0.000000320. The van der Waals surface area contributed by atoms with Crippen LogP contribution in [0.15, 0.2) is 80.1 Å². The summed E-state index contributed by atoms with van der Waals surface area (Å²) in [6.45, 7) is 7.20. The molecule has 28 heavy (non-hydrogen) atoms. The zero-order valence-corrected chi connectivity index (χ0v) is 15.7. The van der Waals surface area contributed by atoms with Crippen molar-refractivity contribution in [1.29, 1.82) is 0 Å². The van der Waals surface area contributed by atoms with E-state index < -0.39 is 0 Å². The van der Waals surface area contributed by atoms with Gasteiger partial charge in [0.1, 0.15) is 11.6 Å². The fourth-order valence-electron chi connectivity index (χ4n) is 3.49. The van der Waals surface area contributed by atoms with E-state index >= 15 is 0 Å². The third-order valence-corrected chi connectivity index (χ3v) is 5.19. The quantitative estimate of drug-likeness (QED) is 0.479. The minimum Gasteiger partial charge on any atom is -0.265 e. The summed E-state index contributed by atoms with van der Waals surface area (Å²) < 4.78 is 27.8. The molecule has 4 rings (SSSR count). The Morgan fingerprint density at radius 3 is 1.46 bits per heavy atom. The molecule has 1 heterocycles. The van der Waals surface area contributed by atoms with Gasteiger partial charge in [-0.05, 0) is 60.1 Å². The highest BCUT2D eigenvalue weighted by molar-refractivity contribution is 5.51. The lowest BCUT2D eigenvalue weighted by Gasteiger charge is -2.37. The Labute approximate surface area is 165 Å².